The molecule has 0 aromatic heterocycles. The Balaban J connectivity index is 1.95. The lowest BCUT2D eigenvalue weighted by Crippen LogP contribution is -1.83. The van der Waals surface area contributed by atoms with Gasteiger partial charge in [0.05, 0.1) is 0 Å². The minimum absolute atomic E-state index is 1.31. The highest BCUT2D eigenvalue weighted by Crippen LogP contribution is 2.43. The third kappa shape index (κ3) is 1.50. The maximum atomic E-state index is 2.33. The normalized spacial score (nSPS) is 12.6. The summed E-state index contributed by atoms with van der Waals surface area (Å²) in [4.78, 5) is 0. The fraction of sp³-hybridized carbons (Fsp3) is 0. The lowest BCUT2D eigenvalue weighted by molar-refractivity contribution is 1.55. The molecule has 0 saturated heterocycles. The maximum Gasteiger partial charge on any atom is 0.0212 e. The molecule has 97 valence electrons. The fourth-order valence-electron chi connectivity index (χ4n) is 3.47. The van der Waals surface area contributed by atoms with E-state index in [9.17, 15) is 0 Å². The zero-order valence-electron chi connectivity index (χ0n) is 11.5. The number of hydrogen-bond donors (Lipinski definition) is 0. The Labute approximate surface area is 123 Å². The molecule has 5 rings (SSSR count). The number of fused-ring (bicyclic) bond motifs is 6. The predicted molar refractivity (Wildman–Crippen MR) is 89.4 cm³/mol. The van der Waals surface area contributed by atoms with Crippen LogP contribution in [0.4, 0.5) is 0 Å². The molecule has 0 saturated carbocycles. The molecule has 0 N–H and O–H groups in total. The molecule has 0 nitrogen and oxygen atoms in total. The Kier molecular flexibility index (Phi) is 2.09. The van der Waals surface area contributed by atoms with Crippen molar-refractivity contribution < 1.29 is 0 Å². The van der Waals surface area contributed by atoms with Crippen molar-refractivity contribution in [3.63, 3.8) is 0 Å². The maximum absolute atomic E-state index is 2.33. The van der Waals surface area contributed by atoms with E-state index in [-0.39, 0.29) is 0 Å². The van der Waals surface area contributed by atoms with Crippen molar-refractivity contribution in [2.75, 3.05) is 0 Å². The third-order valence-corrected chi connectivity index (χ3v) is 4.46. The van der Waals surface area contributed by atoms with Crippen LogP contribution in [0.5, 0.6) is 0 Å². The first-order chi connectivity index (χ1) is 10.4. The molecule has 4 aromatic carbocycles. The van der Waals surface area contributed by atoms with Gasteiger partial charge in [0.2, 0.25) is 0 Å². The van der Waals surface area contributed by atoms with Gasteiger partial charge in [-0.25, -0.2) is 0 Å². The predicted octanol–water partition coefficient (Wildman–Crippen LogP) is 5.57. The highest BCUT2D eigenvalue weighted by atomic mass is 14.2. The van der Waals surface area contributed by atoms with Crippen molar-refractivity contribution in [3.8, 4) is 11.1 Å². The number of rotatable bonds is 0. The first-order valence-electron chi connectivity index (χ1n) is 7.30. The summed E-state index contributed by atoms with van der Waals surface area (Å²) in [5, 5.41) is 5.29. The van der Waals surface area contributed by atoms with Crippen molar-refractivity contribution in [1.29, 1.82) is 0 Å². The molecule has 4 aromatic rings. The zero-order valence-corrected chi connectivity index (χ0v) is 11.5. The molecule has 0 heterocycles. The van der Waals surface area contributed by atoms with E-state index in [4.69, 9.17) is 0 Å². The second-order valence-electron chi connectivity index (χ2n) is 5.68. The Hall–Kier alpha value is -2.60. The van der Waals surface area contributed by atoms with E-state index in [0.29, 0.717) is 0 Å². The topological polar surface area (TPSA) is 0 Å². The van der Waals surface area contributed by atoms with Crippen LogP contribution in [0.1, 0.15) is 11.1 Å². The van der Waals surface area contributed by atoms with Crippen molar-refractivity contribution >= 4 is 21.5 Å². The van der Waals surface area contributed by atoms with E-state index in [1.165, 1.54) is 43.8 Å². The standard InChI is InChI=1S/C21H13/c1-2-6-15-13-20-17(11-14(15)5-1)9-10-18-12-16-7-3-4-8-19(16)21(18)20/h1-13H. The van der Waals surface area contributed by atoms with Gasteiger partial charge in [0.15, 0.2) is 0 Å². The summed E-state index contributed by atoms with van der Waals surface area (Å²) in [5.74, 6) is 0. The van der Waals surface area contributed by atoms with Crippen LogP contribution in [0, 0.1) is 6.42 Å². The molecule has 1 aliphatic carbocycles. The summed E-state index contributed by atoms with van der Waals surface area (Å²) in [5.41, 5.74) is 5.40. The number of benzene rings is 4. The Morgan fingerprint density at radius 1 is 0.524 bits per heavy atom. The van der Waals surface area contributed by atoms with E-state index in [2.05, 4.69) is 79.2 Å². The van der Waals surface area contributed by atoms with Gasteiger partial charge in [-0.3, -0.25) is 0 Å². The van der Waals surface area contributed by atoms with Crippen molar-refractivity contribution in [2.45, 2.75) is 0 Å². The molecule has 0 fully saturated rings. The van der Waals surface area contributed by atoms with Gasteiger partial charge < -0.3 is 0 Å². The van der Waals surface area contributed by atoms with E-state index >= 15 is 0 Å². The zero-order chi connectivity index (χ0) is 13.8. The van der Waals surface area contributed by atoms with Crippen LogP contribution >= 0.6 is 0 Å². The summed E-state index contributed by atoms with van der Waals surface area (Å²) in [6.45, 7) is 0. The first-order valence-corrected chi connectivity index (χ1v) is 7.30. The molecule has 0 heteroatoms. The van der Waals surface area contributed by atoms with Gasteiger partial charge in [0.1, 0.15) is 0 Å². The lowest BCUT2D eigenvalue weighted by atomic mass is 9.95. The molecule has 0 spiro atoms. The molecule has 0 aliphatic heterocycles. The monoisotopic (exact) mass is 265 g/mol. The van der Waals surface area contributed by atoms with Gasteiger partial charge in [-0.15, -0.1) is 0 Å². The molecule has 0 amide bonds. The van der Waals surface area contributed by atoms with E-state index in [1.54, 1.807) is 0 Å². The SMILES string of the molecule is [CH]1c2ccccc2-c2c1ccc1cc3ccccc3cc21. The average Bonchev–Trinajstić information content (AvgIpc) is 2.92. The second kappa shape index (κ2) is 3.95. The quantitative estimate of drug-likeness (QED) is 0.321. The molecule has 1 radical (unpaired) electrons. The summed E-state index contributed by atoms with van der Waals surface area (Å²) in [7, 11) is 0. The molecule has 0 atom stereocenters. The summed E-state index contributed by atoms with van der Waals surface area (Å²) < 4.78 is 0. The van der Waals surface area contributed by atoms with Crippen molar-refractivity contribution in [3.05, 3.63) is 90.3 Å². The van der Waals surface area contributed by atoms with E-state index in [0.717, 1.165) is 0 Å². The minimum atomic E-state index is 1.31. The van der Waals surface area contributed by atoms with E-state index in [1.807, 2.05) is 0 Å². The van der Waals surface area contributed by atoms with Gasteiger partial charge in [-0.2, -0.15) is 0 Å². The smallest absolute Gasteiger partial charge is 0.0212 e. The van der Waals surface area contributed by atoms with Crippen LogP contribution in [0.3, 0.4) is 0 Å². The Morgan fingerprint density at radius 2 is 1.29 bits per heavy atom. The van der Waals surface area contributed by atoms with Gasteiger partial charge in [-0.05, 0) is 55.9 Å². The highest BCUT2D eigenvalue weighted by molar-refractivity contribution is 6.08. The Morgan fingerprint density at radius 3 is 2.19 bits per heavy atom. The van der Waals surface area contributed by atoms with Crippen LogP contribution in [0.2, 0.25) is 0 Å². The van der Waals surface area contributed by atoms with Gasteiger partial charge >= 0.3 is 0 Å². The molecular formula is C21H13. The second-order valence-corrected chi connectivity index (χ2v) is 5.68. The van der Waals surface area contributed by atoms with Crippen molar-refractivity contribution in [2.24, 2.45) is 0 Å². The van der Waals surface area contributed by atoms with Crippen LogP contribution in [0.15, 0.2) is 72.8 Å². The molecule has 0 unspecified atom stereocenters. The fourth-order valence-corrected chi connectivity index (χ4v) is 3.47. The van der Waals surface area contributed by atoms with Crippen molar-refractivity contribution in [1.82, 2.24) is 0 Å². The van der Waals surface area contributed by atoms with Crippen LogP contribution in [-0.2, 0) is 0 Å². The summed E-state index contributed by atoms with van der Waals surface area (Å²) in [6, 6.07) is 26.4. The van der Waals surface area contributed by atoms with E-state index < -0.39 is 0 Å². The highest BCUT2D eigenvalue weighted by Gasteiger charge is 2.20. The Bertz CT molecular complexity index is 1010. The van der Waals surface area contributed by atoms with Gasteiger partial charge in [-0.1, -0.05) is 60.7 Å². The van der Waals surface area contributed by atoms with Gasteiger partial charge in [0.25, 0.3) is 0 Å². The third-order valence-electron chi connectivity index (χ3n) is 4.46. The average molecular weight is 265 g/mol. The summed E-state index contributed by atoms with van der Waals surface area (Å²) >= 11 is 0. The lowest BCUT2D eigenvalue weighted by Gasteiger charge is -2.08. The molecule has 21 heavy (non-hydrogen) atoms. The largest absolute Gasteiger partial charge is 0.0619 e. The molecular weight excluding hydrogens is 252 g/mol. The van der Waals surface area contributed by atoms with Crippen LogP contribution in [-0.4, -0.2) is 0 Å². The number of hydrogen-bond acceptors (Lipinski definition) is 0. The van der Waals surface area contributed by atoms with Crippen LogP contribution < -0.4 is 0 Å². The molecule has 0 bridgehead atoms. The van der Waals surface area contributed by atoms with Crippen LogP contribution in [0.25, 0.3) is 32.7 Å². The molecule has 1 aliphatic rings. The van der Waals surface area contributed by atoms with Gasteiger partial charge in [0, 0.05) is 6.42 Å². The minimum Gasteiger partial charge on any atom is -0.0619 e. The summed E-state index contributed by atoms with van der Waals surface area (Å²) in [6.07, 6.45) is 2.29. The first kappa shape index (κ1) is 11.1.